The minimum atomic E-state index is -0.814. The molecule has 1 amide bonds. The Kier molecular flexibility index (Phi) is 3.57. The normalized spacial score (nSPS) is 31.0. The molecule has 3 rings (SSSR count). The van der Waals surface area contributed by atoms with Gasteiger partial charge in [-0.1, -0.05) is 30.3 Å². The van der Waals surface area contributed by atoms with Crippen LogP contribution in [0.25, 0.3) is 0 Å². The van der Waals surface area contributed by atoms with Crippen molar-refractivity contribution in [3.05, 3.63) is 35.9 Å². The van der Waals surface area contributed by atoms with Crippen LogP contribution in [-0.2, 0) is 14.3 Å². The van der Waals surface area contributed by atoms with Crippen molar-refractivity contribution in [3.8, 4) is 0 Å². The molecule has 5 nitrogen and oxygen atoms in total. The van der Waals surface area contributed by atoms with Crippen LogP contribution >= 0.6 is 0 Å². The number of nitrogens with one attached hydrogen (secondary N) is 1. The smallest absolute Gasteiger partial charge is 0.407 e. The third-order valence-electron chi connectivity index (χ3n) is 4.45. The van der Waals surface area contributed by atoms with Gasteiger partial charge in [-0.3, -0.25) is 4.79 Å². The molecule has 1 N–H and O–H groups in total. The summed E-state index contributed by atoms with van der Waals surface area (Å²) >= 11 is 0. The summed E-state index contributed by atoms with van der Waals surface area (Å²) in [6.07, 6.45) is 1.35. The van der Waals surface area contributed by atoms with Crippen molar-refractivity contribution in [2.24, 2.45) is 5.41 Å². The molecule has 1 aromatic rings. The average Bonchev–Trinajstić information content (AvgIpc) is 2.92. The first-order valence-corrected chi connectivity index (χ1v) is 7.38. The fraction of sp³-hybridized carbons (Fsp3) is 0.500. The summed E-state index contributed by atoms with van der Waals surface area (Å²) in [6, 6.07) is 9.17. The molecule has 1 saturated carbocycles. The molecule has 1 saturated heterocycles. The molecular weight excluding hydrogens is 270 g/mol. The number of alkyl carbamates (subject to hydrolysis) is 1. The average molecular weight is 289 g/mol. The minimum absolute atomic E-state index is 0.277. The number of amides is 1. The van der Waals surface area contributed by atoms with Crippen molar-refractivity contribution >= 4 is 12.1 Å². The Hall–Kier alpha value is -2.04. The van der Waals surface area contributed by atoms with Crippen LogP contribution in [0, 0.1) is 5.41 Å². The van der Waals surface area contributed by atoms with Gasteiger partial charge in [-0.25, -0.2) is 4.79 Å². The molecule has 0 spiro atoms. The highest BCUT2D eigenvalue weighted by atomic mass is 16.6. The second-order valence-electron chi connectivity index (χ2n) is 5.54. The predicted molar refractivity (Wildman–Crippen MR) is 75.5 cm³/mol. The van der Waals surface area contributed by atoms with Gasteiger partial charge in [0.15, 0.2) is 0 Å². The predicted octanol–water partition coefficient (Wildman–Crippen LogP) is 2.57. The summed E-state index contributed by atoms with van der Waals surface area (Å²) in [7, 11) is 0. The van der Waals surface area contributed by atoms with E-state index in [2.05, 4.69) is 5.32 Å². The van der Waals surface area contributed by atoms with Gasteiger partial charge in [-0.2, -0.15) is 0 Å². The second-order valence-corrected chi connectivity index (χ2v) is 5.54. The molecule has 0 aromatic heterocycles. The summed E-state index contributed by atoms with van der Waals surface area (Å²) < 4.78 is 10.7. The number of esters is 1. The first-order chi connectivity index (χ1) is 10.2. The van der Waals surface area contributed by atoms with Gasteiger partial charge in [0.1, 0.15) is 11.5 Å². The van der Waals surface area contributed by atoms with Gasteiger partial charge in [-0.05, 0) is 31.7 Å². The molecule has 2 aliphatic rings. The van der Waals surface area contributed by atoms with Crippen molar-refractivity contribution in [2.45, 2.75) is 38.3 Å². The van der Waals surface area contributed by atoms with E-state index in [-0.39, 0.29) is 5.97 Å². The van der Waals surface area contributed by atoms with Crippen LogP contribution in [0.4, 0.5) is 4.79 Å². The number of carbonyl (C=O) groups excluding carboxylic acids is 2. The Labute approximate surface area is 123 Å². The third-order valence-corrected chi connectivity index (χ3v) is 4.45. The Morgan fingerprint density at radius 2 is 2.19 bits per heavy atom. The van der Waals surface area contributed by atoms with E-state index in [0.29, 0.717) is 19.4 Å². The molecule has 3 atom stereocenters. The Morgan fingerprint density at radius 3 is 2.90 bits per heavy atom. The molecule has 112 valence electrons. The number of hydrogen-bond donors (Lipinski definition) is 1. The lowest BCUT2D eigenvalue weighted by atomic mass is 9.73. The van der Waals surface area contributed by atoms with Gasteiger partial charge in [0, 0.05) is 0 Å². The zero-order valence-electron chi connectivity index (χ0n) is 12.0. The zero-order chi connectivity index (χ0) is 14.9. The molecular formula is C16H19NO4. The molecule has 21 heavy (non-hydrogen) atoms. The molecule has 0 radical (unpaired) electrons. The summed E-state index contributed by atoms with van der Waals surface area (Å²) in [5.74, 6) is -0.277. The quantitative estimate of drug-likeness (QED) is 0.869. The molecule has 0 bridgehead atoms. The van der Waals surface area contributed by atoms with Gasteiger partial charge >= 0.3 is 12.1 Å². The highest BCUT2D eigenvalue weighted by Crippen LogP contribution is 2.52. The van der Waals surface area contributed by atoms with Crippen molar-refractivity contribution in [1.82, 2.24) is 5.32 Å². The molecule has 1 aliphatic heterocycles. The fourth-order valence-electron chi connectivity index (χ4n) is 3.55. The molecule has 1 aromatic carbocycles. The van der Waals surface area contributed by atoms with Gasteiger partial charge in [0.25, 0.3) is 0 Å². The summed E-state index contributed by atoms with van der Waals surface area (Å²) in [5.41, 5.74) is 0.0970. The number of fused-ring (bicyclic) bond motifs is 1. The molecule has 1 aliphatic carbocycles. The maximum Gasteiger partial charge on any atom is 0.407 e. The fourth-order valence-corrected chi connectivity index (χ4v) is 3.55. The van der Waals surface area contributed by atoms with Crippen LogP contribution in [0.5, 0.6) is 0 Å². The van der Waals surface area contributed by atoms with E-state index in [1.165, 1.54) is 0 Å². The van der Waals surface area contributed by atoms with Gasteiger partial charge in [0.2, 0.25) is 0 Å². The van der Waals surface area contributed by atoms with Crippen LogP contribution < -0.4 is 5.32 Å². The van der Waals surface area contributed by atoms with Crippen molar-refractivity contribution in [3.63, 3.8) is 0 Å². The van der Waals surface area contributed by atoms with Crippen molar-refractivity contribution in [2.75, 3.05) is 6.61 Å². The van der Waals surface area contributed by atoms with E-state index in [0.717, 1.165) is 12.0 Å². The maximum atomic E-state index is 12.6. The first kappa shape index (κ1) is 13.9. The standard InChI is InChI=1S/C16H19NO4/c1-2-20-14(18)16-10-6-9-12(16)21-15(19)17-13(16)11-7-4-3-5-8-11/h3-5,7-8,12-13H,2,6,9-10H2,1H3,(H,17,19)/t12-,13-,16-/m0/s1. The van der Waals surface area contributed by atoms with Crippen LogP contribution in [0.2, 0.25) is 0 Å². The Bertz CT molecular complexity index is 544. The number of hydrogen-bond acceptors (Lipinski definition) is 4. The van der Waals surface area contributed by atoms with Gasteiger partial charge in [0.05, 0.1) is 12.6 Å². The highest BCUT2D eigenvalue weighted by Gasteiger charge is 2.60. The van der Waals surface area contributed by atoms with Crippen molar-refractivity contribution in [1.29, 1.82) is 0 Å². The number of rotatable bonds is 3. The SMILES string of the molecule is CCOC(=O)[C@@]12CCC[C@@H]1OC(=O)N[C@H]2c1ccccc1. The highest BCUT2D eigenvalue weighted by molar-refractivity contribution is 5.83. The first-order valence-electron chi connectivity index (χ1n) is 7.38. The van der Waals surface area contributed by atoms with Gasteiger partial charge < -0.3 is 14.8 Å². The summed E-state index contributed by atoms with van der Waals surface area (Å²) in [4.78, 5) is 24.5. The van der Waals surface area contributed by atoms with E-state index < -0.39 is 23.7 Å². The molecule has 5 heteroatoms. The van der Waals surface area contributed by atoms with E-state index >= 15 is 0 Å². The van der Waals surface area contributed by atoms with Crippen molar-refractivity contribution < 1.29 is 19.1 Å². The summed E-state index contributed by atoms with van der Waals surface area (Å²) in [6.45, 7) is 2.11. The minimum Gasteiger partial charge on any atom is -0.465 e. The zero-order valence-corrected chi connectivity index (χ0v) is 12.0. The second kappa shape index (κ2) is 5.39. The lowest BCUT2D eigenvalue weighted by Gasteiger charge is -2.43. The topological polar surface area (TPSA) is 64.6 Å². The lowest BCUT2D eigenvalue weighted by Crippen LogP contribution is -2.57. The van der Waals surface area contributed by atoms with Gasteiger partial charge in [-0.15, -0.1) is 0 Å². The number of carbonyl (C=O) groups is 2. The Morgan fingerprint density at radius 1 is 1.43 bits per heavy atom. The number of ether oxygens (including phenoxy) is 2. The van der Waals surface area contributed by atoms with E-state index in [1.54, 1.807) is 6.92 Å². The van der Waals surface area contributed by atoms with E-state index in [4.69, 9.17) is 9.47 Å². The molecule has 2 fully saturated rings. The van der Waals surface area contributed by atoms with E-state index in [9.17, 15) is 9.59 Å². The van der Waals surface area contributed by atoms with E-state index in [1.807, 2.05) is 30.3 Å². The number of benzene rings is 1. The summed E-state index contributed by atoms with van der Waals surface area (Å²) in [5, 5.41) is 2.82. The Balaban J connectivity index is 2.05. The molecule has 0 unspecified atom stereocenters. The van der Waals surface area contributed by atoms with Crippen LogP contribution in [0.15, 0.2) is 30.3 Å². The van der Waals surface area contributed by atoms with Crippen LogP contribution in [0.1, 0.15) is 37.8 Å². The van der Waals surface area contributed by atoms with Crippen LogP contribution in [-0.4, -0.2) is 24.8 Å². The lowest BCUT2D eigenvalue weighted by molar-refractivity contribution is -0.167. The molecule has 1 heterocycles. The monoisotopic (exact) mass is 289 g/mol. The largest absolute Gasteiger partial charge is 0.465 e. The third kappa shape index (κ3) is 2.17. The van der Waals surface area contributed by atoms with Crippen LogP contribution in [0.3, 0.4) is 0 Å². The maximum absolute atomic E-state index is 12.6.